The molecule has 0 radical (unpaired) electrons. The molecule has 0 N–H and O–H groups in total. The maximum atomic E-state index is 8.61. The molecule has 0 unspecified atom stereocenters. The highest BCUT2D eigenvalue weighted by molar-refractivity contribution is 5.26. The molecule has 2 heterocycles. The van der Waals surface area contributed by atoms with Crippen LogP contribution in [-0.2, 0) is 6.42 Å². The van der Waals surface area contributed by atoms with Crippen LogP contribution < -0.4 is 4.74 Å². The first kappa shape index (κ1) is 12.1. The molecule has 0 saturated heterocycles. The van der Waals surface area contributed by atoms with Crippen LogP contribution in [0.4, 0.5) is 0 Å². The van der Waals surface area contributed by atoms with E-state index in [1.54, 1.807) is 30.7 Å². The lowest BCUT2D eigenvalue weighted by molar-refractivity contribution is 0.310. The summed E-state index contributed by atoms with van der Waals surface area (Å²) >= 11 is 0. The maximum absolute atomic E-state index is 8.61. The fourth-order valence-corrected chi connectivity index (χ4v) is 1.55. The number of aromatic nitrogens is 2. The molecule has 0 fully saturated rings. The molecule has 0 aromatic carbocycles. The van der Waals surface area contributed by atoms with Crippen molar-refractivity contribution in [2.75, 3.05) is 6.61 Å². The van der Waals surface area contributed by atoms with Crippen molar-refractivity contribution in [3.8, 4) is 11.8 Å². The van der Waals surface area contributed by atoms with E-state index in [1.807, 2.05) is 18.2 Å². The molecule has 4 heteroatoms. The number of aryl methyl sites for hydroxylation is 1. The Morgan fingerprint density at radius 2 is 2.00 bits per heavy atom. The van der Waals surface area contributed by atoms with Gasteiger partial charge in [-0.3, -0.25) is 4.98 Å². The topological polar surface area (TPSA) is 58.8 Å². The molecule has 4 nitrogen and oxygen atoms in total. The number of nitrogens with zero attached hydrogens (tertiary/aromatic N) is 3. The Morgan fingerprint density at radius 1 is 1.17 bits per heavy atom. The highest BCUT2D eigenvalue weighted by atomic mass is 16.5. The van der Waals surface area contributed by atoms with Crippen molar-refractivity contribution in [2.45, 2.75) is 12.8 Å². The minimum atomic E-state index is 0.402. The summed E-state index contributed by atoms with van der Waals surface area (Å²) < 4.78 is 5.54. The van der Waals surface area contributed by atoms with Crippen molar-refractivity contribution < 1.29 is 4.74 Å². The van der Waals surface area contributed by atoms with Crippen molar-refractivity contribution in [3.63, 3.8) is 0 Å². The average molecular weight is 239 g/mol. The Hall–Kier alpha value is -2.41. The van der Waals surface area contributed by atoms with Gasteiger partial charge < -0.3 is 4.74 Å². The molecule has 0 bridgehead atoms. The summed E-state index contributed by atoms with van der Waals surface area (Å²) in [6.45, 7) is 0.635. The summed E-state index contributed by atoms with van der Waals surface area (Å²) in [6.07, 6.45) is 7.06. The van der Waals surface area contributed by atoms with Gasteiger partial charge in [-0.2, -0.15) is 5.26 Å². The first-order chi connectivity index (χ1) is 8.88. The third kappa shape index (κ3) is 3.56. The number of ether oxygens (including phenoxy) is 1. The smallest absolute Gasteiger partial charge is 0.140 e. The number of rotatable bonds is 5. The molecule has 2 rings (SSSR count). The van der Waals surface area contributed by atoms with E-state index in [0.29, 0.717) is 18.1 Å². The van der Waals surface area contributed by atoms with E-state index < -0.39 is 0 Å². The van der Waals surface area contributed by atoms with Gasteiger partial charge in [-0.05, 0) is 42.7 Å². The van der Waals surface area contributed by atoms with Gasteiger partial charge in [-0.1, -0.05) is 0 Å². The van der Waals surface area contributed by atoms with Crippen molar-refractivity contribution in [3.05, 3.63) is 54.1 Å². The lowest BCUT2D eigenvalue weighted by atomic mass is 10.1. The molecule has 0 aliphatic carbocycles. The van der Waals surface area contributed by atoms with Crippen LogP contribution in [0.2, 0.25) is 0 Å². The van der Waals surface area contributed by atoms with Gasteiger partial charge in [-0.15, -0.1) is 0 Å². The molecule has 90 valence electrons. The maximum Gasteiger partial charge on any atom is 0.140 e. The zero-order valence-electron chi connectivity index (χ0n) is 9.91. The van der Waals surface area contributed by atoms with Crippen LogP contribution in [0.3, 0.4) is 0 Å². The van der Waals surface area contributed by atoms with E-state index in [9.17, 15) is 0 Å². The molecular weight excluding hydrogens is 226 g/mol. The Labute approximate surface area is 106 Å². The molecule has 0 saturated carbocycles. The standard InChI is InChI=1S/C14H13N3O/c15-10-13-3-4-14(11-17-13)18-9-1-2-12-5-7-16-8-6-12/h3-8,11H,1-2,9H2. The van der Waals surface area contributed by atoms with Crippen LogP contribution in [0, 0.1) is 11.3 Å². The lowest BCUT2D eigenvalue weighted by Crippen LogP contribution is -2.00. The summed E-state index contributed by atoms with van der Waals surface area (Å²) in [6, 6.07) is 9.39. The van der Waals surface area contributed by atoms with E-state index in [-0.39, 0.29) is 0 Å². The highest BCUT2D eigenvalue weighted by Gasteiger charge is 1.97. The highest BCUT2D eigenvalue weighted by Crippen LogP contribution is 2.09. The fraction of sp³-hybridized carbons (Fsp3) is 0.214. The van der Waals surface area contributed by atoms with Crippen molar-refractivity contribution in [1.29, 1.82) is 5.26 Å². The van der Waals surface area contributed by atoms with Crippen LogP contribution in [-0.4, -0.2) is 16.6 Å². The van der Waals surface area contributed by atoms with E-state index in [2.05, 4.69) is 9.97 Å². The molecule has 2 aromatic heterocycles. The van der Waals surface area contributed by atoms with Crippen LogP contribution >= 0.6 is 0 Å². The Bertz CT molecular complexity index is 517. The van der Waals surface area contributed by atoms with Crippen LogP contribution in [0.1, 0.15) is 17.7 Å². The summed E-state index contributed by atoms with van der Waals surface area (Å²) in [5.41, 5.74) is 1.66. The van der Waals surface area contributed by atoms with Crippen LogP contribution in [0.25, 0.3) is 0 Å². The van der Waals surface area contributed by atoms with Crippen molar-refractivity contribution in [1.82, 2.24) is 9.97 Å². The van der Waals surface area contributed by atoms with Gasteiger partial charge in [0.15, 0.2) is 0 Å². The quantitative estimate of drug-likeness (QED) is 0.751. The molecule has 18 heavy (non-hydrogen) atoms. The van der Waals surface area contributed by atoms with E-state index >= 15 is 0 Å². The molecule has 0 amide bonds. The van der Waals surface area contributed by atoms with Crippen molar-refractivity contribution >= 4 is 0 Å². The second-order valence-corrected chi connectivity index (χ2v) is 3.80. The molecule has 0 spiro atoms. The minimum absolute atomic E-state index is 0.402. The zero-order chi connectivity index (χ0) is 12.6. The Balaban J connectivity index is 1.74. The van der Waals surface area contributed by atoms with Gasteiger partial charge in [0.2, 0.25) is 0 Å². The largest absolute Gasteiger partial charge is 0.492 e. The van der Waals surface area contributed by atoms with Gasteiger partial charge in [0.1, 0.15) is 17.5 Å². The molecule has 0 atom stereocenters. The van der Waals surface area contributed by atoms with Gasteiger partial charge >= 0.3 is 0 Å². The Kier molecular flexibility index (Phi) is 4.26. The number of pyridine rings is 2. The van der Waals surface area contributed by atoms with Gasteiger partial charge in [0.05, 0.1) is 12.8 Å². The third-order valence-electron chi connectivity index (χ3n) is 2.48. The minimum Gasteiger partial charge on any atom is -0.492 e. The van der Waals surface area contributed by atoms with Crippen LogP contribution in [0.5, 0.6) is 5.75 Å². The van der Waals surface area contributed by atoms with E-state index in [4.69, 9.17) is 10.00 Å². The number of nitriles is 1. The number of hydrogen-bond donors (Lipinski definition) is 0. The molecular formula is C14H13N3O. The summed E-state index contributed by atoms with van der Waals surface area (Å²) in [5, 5.41) is 8.61. The first-order valence-electron chi connectivity index (χ1n) is 5.76. The normalized spacial score (nSPS) is 9.72. The summed E-state index contributed by atoms with van der Waals surface area (Å²) in [7, 11) is 0. The molecule has 2 aromatic rings. The van der Waals surface area contributed by atoms with Crippen molar-refractivity contribution in [2.24, 2.45) is 0 Å². The monoisotopic (exact) mass is 239 g/mol. The molecule has 0 aliphatic rings. The SMILES string of the molecule is N#Cc1ccc(OCCCc2ccncc2)cn1. The lowest BCUT2D eigenvalue weighted by Gasteiger charge is -2.05. The van der Waals surface area contributed by atoms with Gasteiger partial charge in [0, 0.05) is 12.4 Å². The summed E-state index contributed by atoms with van der Waals surface area (Å²) in [5.74, 6) is 0.698. The van der Waals surface area contributed by atoms with E-state index in [0.717, 1.165) is 12.8 Å². The van der Waals surface area contributed by atoms with E-state index in [1.165, 1.54) is 5.56 Å². The predicted molar refractivity (Wildman–Crippen MR) is 67.0 cm³/mol. The fourth-order valence-electron chi connectivity index (χ4n) is 1.55. The van der Waals surface area contributed by atoms with Gasteiger partial charge in [-0.25, -0.2) is 4.98 Å². The summed E-state index contributed by atoms with van der Waals surface area (Å²) in [4.78, 5) is 7.91. The van der Waals surface area contributed by atoms with Gasteiger partial charge in [0.25, 0.3) is 0 Å². The third-order valence-corrected chi connectivity index (χ3v) is 2.48. The first-order valence-corrected chi connectivity index (χ1v) is 5.76. The molecule has 0 aliphatic heterocycles. The zero-order valence-corrected chi connectivity index (χ0v) is 9.91. The Morgan fingerprint density at radius 3 is 2.67 bits per heavy atom. The average Bonchev–Trinajstić information content (AvgIpc) is 2.45. The second-order valence-electron chi connectivity index (χ2n) is 3.80. The predicted octanol–water partition coefficient (Wildman–Crippen LogP) is 2.36. The van der Waals surface area contributed by atoms with Crippen LogP contribution in [0.15, 0.2) is 42.9 Å². The number of hydrogen-bond acceptors (Lipinski definition) is 4. The second kappa shape index (κ2) is 6.36.